The van der Waals surface area contributed by atoms with Crippen LogP contribution in [0.1, 0.15) is 12.1 Å². The van der Waals surface area contributed by atoms with E-state index in [-0.39, 0.29) is 0 Å². The van der Waals surface area contributed by atoms with Crippen LogP contribution >= 0.6 is 23.8 Å². The lowest BCUT2D eigenvalue weighted by atomic mass is 10.1. The topological polar surface area (TPSA) is 81.8 Å². The van der Waals surface area contributed by atoms with Gasteiger partial charge in [-0.25, -0.2) is 0 Å². The smallest absolute Gasteiger partial charge is 0.189 e. The monoisotopic (exact) mass is 415 g/mol. The highest BCUT2D eigenvalue weighted by atomic mass is 35.5. The summed E-state index contributed by atoms with van der Waals surface area (Å²) in [7, 11) is 0. The summed E-state index contributed by atoms with van der Waals surface area (Å²) in [6.07, 6.45) is 2.45. The molecule has 0 aliphatic carbocycles. The SMILES string of the molecule is Nc1ccccc1N1CCN(C(=S)N/N=C2/CCNc3c(Cl)ccnc32)CC1. The van der Waals surface area contributed by atoms with Crippen LogP contribution < -0.4 is 21.4 Å². The van der Waals surface area contributed by atoms with Gasteiger partial charge in [-0.05, 0) is 30.4 Å². The molecule has 28 heavy (non-hydrogen) atoms. The summed E-state index contributed by atoms with van der Waals surface area (Å²) in [5, 5.41) is 9.07. The summed E-state index contributed by atoms with van der Waals surface area (Å²) in [4.78, 5) is 8.83. The van der Waals surface area contributed by atoms with Crippen molar-refractivity contribution >= 4 is 51.7 Å². The Morgan fingerprint density at radius 1 is 1.21 bits per heavy atom. The first-order valence-electron chi connectivity index (χ1n) is 9.23. The zero-order valence-electron chi connectivity index (χ0n) is 15.4. The number of thiocarbonyl (C=S) groups is 1. The minimum Gasteiger partial charge on any atom is -0.397 e. The predicted octanol–water partition coefficient (Wildman–Crippen LogP) is 2.53. The highest BCUT2D eigenvalue weighted by molar-refractivity contribution is 7.80. The molecule has 4 N–H and O–H groups in total. The highest BCUT2D eigenvalue weighted by Crippen LogP contribution is 2.28. The molecular weight excluding hydrogens is 394 g/mol. The molecule has 2 aromatic rings. The van der Waals surface area contributed by atoms with Crippen molar-refractivity contribution < 1.29 is 0 Å². The van der Waals surface area contributed by atoms with Crippen LogP contribution in [0.2, 0.25) is 5.02 Å². The lowest BCUT2D eigenvalue weighted by Crippen LogP contribution is -2.51. The molecule has 0 atom stereocenters. The second-order valence-electron chi connectivity index (χ2n) is 6.70. The number of para-hydroxylation sites is 2. The average Bonchev–Trinajstić information content (AvgIpc) is 2.73. The average molecular weight is 416 g/mol. The van der Waals surface area contributed by atoms with Crippen molar-refractivity contribution in [3.05, 3.63) is 47.2 Å². The molecule has 0 bridgehead atoms. The Morgan fingerprint density at radius 3 is 2.79 bits per heavy atom. The van der Waals surface area contributed by atoms with Crippen LogP contribution in [0, 0.1) is 0 Å². The molecule has 2 aliphatic heterocycles. The van der Waals surface area contributed by atoms with Gasteiger partial charge < -0.3 is 20.9 Å². The van der Waals surface area contributed by atoms with Crippen LogP contribution in [0.15, 0.2) is 41.6 Å². The van der Waals surface area contributed by atoms with Crippen LogP contribution in [0.3, 0.4) is 0 Å². The number of benzene rings is 1. The Bertz CT molecular complexity index is 909. The molecule has 7 nitrogen and oxygen atoms in total. The molecule has 0 saturated carbocycles. The largest absolute Gasteiger partial charge is 0.397 e. The number of nitrogen functional groups attached to an aromatic ring is 1. The van der Waals surface area contributed by atoms with E-state index < -0.39 is 0 Å². The van der Waals surface area contributed by atoms with Gasteiger partial charge in [-0.1, -0.05) is 23.7 Å². The summed E-state index contributed by atoms with van der Waals surface area (Å²) in [5.74, 6) is 0. The van der Waals surface area contributed by atoms with Gasteiger partial charge in [-0.2, -0.15) is 5.10 Å². The standard InChI is InChI=1S/C19H22ClN7S/c20-13-5-7-23-18-15(6-8-22-17(13)18)24-25-19(28)27-11-9-26(10-12-27)16-4-2-1-3-14(16)21/h1-5,7,22H,6,8-12,21H2,(H,25,28)/b24-15-. The molecule has 0 radical (unpaired) electrons. The summed E-state index contributed by atoms with van der Waals surface area (Å²) in [5.41, 5.74) is 13.5. The fourth-order valence-electron chi connectivity index (χ4n) is 3.47. The van der Waals surface area contributed by atoms with Gasteiger partial charge in [0, 0.05) is 45.3 Å². The number of halogens is 1. The van der Waals surface area contributed by atoms with Gasteiger partial charge in [-0.3, -0.25) is 10.4 Å². The predicted molar refractivity (Wildman–Crippen MR) is 119 cm³/mol. The minimum atomic E-state index is 0.621. The first kappa shape index (κ1) is 18.8. The second-order valence-corrected chi connectivity index (χ2v) is 7.50. The number of rotatable bonds is 2. The number of hydrazone groups is 1. The van der Waals surface area contributed by atoms with Gasteiger partial charge in [0.2, 0.25) is 0 Å². The van der Waals surface area contributed by atoms with E-state index in [1.807, 2.05) is 18.2 Å². The van der Waals surface area contributed by atoms with E-state index in [0.29, 0.717) is 10.1 Å². The van der Waals surface area contributed by atoms with Crippen molar-refractivity contribution in [2.45, 2.75) is 6.42 Å². The molecule has 1 saturated heterocycles. The third-order valence-electron chi connectivity index (χ3n) is 4.97. The van der Waals surface area contributed by atoms with Gasteiger partial charge in [0.25, 0.3) is 0 Å². The van der Waals surface area contributed by atoms with Crippen LogP contribution in [0.5, 0.6) is 0 Å². The molecule has 0 spiro atoms. The van der Waals surface area contributed by atoms with Gasteiger partial charge in [0.15, 0.2) is 5.11 Å². The fourth-order valence-corrected chi connectivity index (χ4v) is 3.91. The van der Waals surface area contributed by atoms with Crippen molar-refractivity contribution in [2.75, 3.05) is 48.7 Å². The Kier molecular flexibility index (Phi) is 5.50. The summed E-state index contributed by atoms with van der Waals surface area (Å²) in [6, 6.07) is 9.72. The Hall–Kier alpha value is -2.58. The van der Waals surface area contributed by atoms with Crippen molar-refractivity contribution in [1.82, 2.24) is 15.3 Å². The minimum absolute atomic E-state index is 0.621. The van der Waals surface area contributed by atoms with Gasteiger partial charge in [0.1, 0.15) is 5.69 Å². The number of hydrogen-bond donors (Lipinski definition) is 3. The van der Waals surface area contributed by atoms with Crippen molar-refractivity contribution in [1.29, 1.82) is 0 Å². The Balaban J connectivity index is 1.38. The van der Waals surface area contributed by atoms with Crippen molar-refractivity contribution in [2.24, 2.45) is 5.10 Å². The van der Waals surface area contributed by atoms with E-state index in [1.165, 1.54) is 0 Å². The zero-order valence-corrected chi connectivity index (χ0v) is 16.9. The van der Waals surface area contributed by atoms with E-state index in [2.05, 4.69) is 36.7 Å². The van der Waals surface area contributed by atoms with E-state index in [0.717, 1.165) is 67.6 Å². The highest BCUT2D eigenvalue weighted by Gasteiger charge is 2.22. The molecular formula is C19H22ClN7S. The lowest BCUT2D eigenvalue weighted by Gasteiger charge is -2.37. The number of piperazine rings is 1. The third-order valence-corrected chi connectivity index (χ3v) is 5.63. The number of hydrogen-bond acceptors (Lipinski definition) is 6. The maximum absolute atomic E-state index is 6.24. The first-order valence-corrected chi connectivity index (χ1v) is 10.0. The molecule has 0 unspecified atom stereocenters. The van der Waals surface area contributed by atoms with Crippen molar-refractivity contribution in [3.63, 3.8) is 0 Å². The maximum Gasteiger partial charge on any atom is 0.189 e. The van der Waals surface area contributed by atoms with E-state index in [9.17, 15) is 0 Å². The summed E-state index contributed by atoms with van der Waals surface area (Å²) < 4.78 is 0. The molecule has 1 aromatic carbocycles. The summed E-state index contributed by atoms with van der Waals surface area (Å²) in [6.45, 7) is 4.11. The van der Waals surface area contributed by atoms with Crippen LogP contribution in [-0.2, 0) is 0 Å². The van der Waals surface area contributed by atoms with Gasteiger partial charge in [0.05, 0.1) is 27.8 Å². The number of nitrogens with two attached hydrogens (primary N) is 1. The molecule has 1 aromatic heterocycles. The summed E-state index contributed by atoms with van der Waals surface area (Å²) >= 11 is 11.8. The maximum atomic E-state index is 6.24. The van der Waals surface area contributed by atoms with Gasteiger partial charge in [-0.15, -0.1) is 0 Å². The molecule has 3 heterocycles. The molecule has 1 fully saturated rings. The number of aromatic nitrogens is 1. The number of anilines is 3. The molecule has 9 heteroatoms. The molecule has 2 aliphatic rings. The van der Waals surface area contributed by atoms with E-state index in [4.69, 9.17) is 29.6 Å². The van der Waals surface area contributed by atoms with E-state index in [1.54, 1.807) is 12.3 Å². The second kappa shape index (κ2) is 8.20. The first-order chi connectivity index (χ1) is 13.6. The molecule has 0 amide bonds. The Labute approximate surface area is 174 Å². The number of nitrogens with zero attached hydrogens (tertiary/aromatic N) is 4. The molecule has 146 valence electrons. The normalized spacial score (nSPS) is 17.8. The quantitative estimate of drug-likeness (QED) is 0.395. The van der Waals surface area contributed by atoms with Crippen molar-refractivity contribution in [3.8, 4) is 0 Å². The Morgan fingerprint density at radius 2 is 2.00 bits per heavy atom. The van der Waals surface area contributed by atoms with Crippen LogP contribution in [0.4, 0.5) is 17.1 Å². The lowest BCUT2D eigenvalue weighted by molar-refractivity contribution is 0.381. The number of nitrogens with one attached hydrogen (secondary N) is 2. The van der Waals surface area contributed by atoms with Crippen LogP contribution in [-0.4, -0.2) is 53.4 Å². The van der Waals surface area contributed by atoms with Crippen LogP contribution in [0.25, 0.3) is 0 Å². The number of pyridine rings is 1. The fraction of sp³-hybridized carbons (Fsp3) is 0.316. The van der Waals surface area contributed by atoms with Gasteiger partial charge >= 0.3 is 0 Å². The van der Waals surface area contributed by atoms with E-state index >= 15 is 0 Å². The third kappa shape index (κ3) is 3.83. The molecule has 4 rings (SSSR count). The number of fused-ring (bicyclic) bond motifs is 1. The zero-order chi connectivity index (χ0) is 19.5.